The van der Waals surface area contributed by atoms with Crippen molar-refractivity contribution in [3.05, 3.63) is 12.1 Å². The second kappa shape index (κ2) is 2.76. The number of halogens is 1. The molecule has 0 saturated heterocycles. The summed E-state index contributed by atoms with van der Waals surface area (Å²) in [6, 6.07) is 0. The lowest BCUT2D eigenvalue weighted by Gasteiger charge is -2.04. The molecule has 0 spiro atoms. The van der Waals surface area contributed by atoms with Crippen molar-refractivity contribution in [3.63, 3.8) is 0 Å². The van der Waals surface area contributed by atoms with Gasteiger partial charge in [-0.15, -0.1) is 0 Å². The summed E-state index contributed by atoms with van der Waals surface area (Å²) in [5, 5.41) is 5.16. The van der Waals surface area contributed by atoms with E-state index in [1.165, 1.54) is 0 Å². The molecule has 0 radical (unpaired) electrons. The standard InChI is InChI=1S/C3H4FN3O2S/c4-3-2(1-5-6-3)7-10(8)9/h1,7H,(H,5,6)(H,8,9)/p-1. The largest absolute Gasteiger partial charge is 0.755 e. The Labute approximate surface area is 58.1 Å². The third-order valence-electron chi connectivity index (χ3n) is 0.786. The summed E-state index contributed by atoms with van der Waals surface area (Å²) in [5.41, 5.74) is -0.187. The van der Waals surface area contributed by atoms with Crippen molar-refractivity contribution in [1.29, 1.82) is 0 Å². The lowest BCUT2D eigenvalue weighted by Crippen LogP contribution is -2.02. The van der Waals surface area contributed by atoms with Gasteiger partial charge in [-0.1, -0.05) is 0 Å². The van der Waals surface area contributed by atoms with Crippen LogP contribution in [0.1, 0.15) is 0 Å². The van der Waals surface area contributed by atoms with Crippen molar-refractivity contribution in [2.24, 2.45) is 0 Å². The van der Waals surface area contributed by atoms with E-state index in [0.29, 0.717) is 0 Å². The zero-order valence-electron chi connectivity index (χ0n) is 4.63. The van der Waals surface area contributed by atoms with E-state index in [9.17, 15) is 13.2 Å². The maximum absolute atomic E-state index is 12.3. The van der Waals surface area contributed by atoms with E-state index in [-0.39, 0.29) is 5.69 Å². The third-order valence-corrected chi connectivity index (χ3v) is 1.17. The predicted octanol–water partition coefficient (Wildman–Crippen LogP) is -0.245. The Morgan fingerprint density at radius 2 is 2.60 bits per heavy atom. The molecule has 1 atom stereocenters. The molecular formula is C3H3FN3O2S-. The van der Waals surface area contributed by atoms with Gasteiger partial charge < -0.3 is 9.27 Å². The van der Waals surface area contributed by atoms with Crippen molar-refractivity contribution in [2.75, 3.05) is 4.72 Å². The van der Waals surface area contributed by atoms with E-state index < -0.39 is 17.2 Å². The summed E-state index contributed by atoms with van der Waals surface area (Å²) in [6.07, 6.45) is 1.03. The van der Waals surface area contributed by atoms with Gasteiger partial charge in [0.15, 0.2) is 0 Å². The Morgan fingerprint density at radius 3 is 3.00 bits per heavy atom. The number of nitrogens with zero attached hydrogens (tertiary/aromatic N) is 1. The maximum atomic E-state index is 12.3. The van der Waals surface area contributed by atoms with Crippen molar-refractivity contribution < 1.29 is 13.2 Å². The Morgan fingerprint density at radius 1 is 1.90 bits per heavy atom. The van der Waals surface area contributed by atoms with Crippen LogP contribution in [0.5, 0.6) is 0 Å². The summed E-state index contributed by atoms with van der Waals surface area (Å²) in [6.45, 7) is 0. The first-order chi connectivity index (χ1) is 4.70. The van der Waals surface area contributed by atoms with Crippen LogP contribution in [-0.4, -0.2) is 19.0 Å². The van der Waals surface area contributed by atoms with Crippen LogP contribution in [-0.2, 0) is 11.3 Å². The number of aromatic nitrogens is 2. The van der Waals surface area contributed by atoms with E-state index in [1.807, 2.05) is 5.10 Å². The minimum Gasteiger partial charge on any atom is -0.755 e. The van der Waals surface area contributed by atoms with Crippen LogP contribution in [0.2, 0.25) is 0 Å². The Hall–Kier alpha value is -0.950. The van der Waals surface area contributed by atoms with Crippen LogP contribution in [0.3, 0.4) is 0 Å². The molecule has 0 fully saturated rings. The topological polar surface area (TPSA) is 80.8 Å². The number of H-pyrrole nitrogens is 1. The van der Waals surface area contributed by atoms with E-state index >= 15 is 0 Å². The molecule has 0 bridgehead atoms. The summed E-state index contributed by atoms with van der Waals surface area (Å²) < 4.78 is 33.9. The molecule has 7 heteroatoms. The quantitative estimate of drug-likeness (QED) is 0.591. The van der Waals surface area contributed by atoms with Crippen LogP contribution in [0.15, 0.2) is 6.20 Å². The van der Waals surface area contributed by atoms with Crippen LogP contribution in [0, 0.1) is 5.95 Å². The number of rotatable bonds is 2. The molecule has 10 heavy (non-hydrogen) atoms. The highest BCUT2D eigenvalue weighted by Gasteiger charge is 2.00. The lowest BCUT2D eigenvalue weighted by atomic mass is 10.6. The minimum atomic E-state index is -2.51. The Balaban J connectivity index is 2.74. The monoisotopic (exact) mass is 164 g/mol. The fourth-order valence-corrected chi connectivity index (χ4v) is 0.753. The van der Waals surface area contributed by atoms with Crippen LogP contribution in [0.4, 0.5) is 10.1 Å². The number of hydrogen-bond donors (Lipinski definition) is 2. The third kappa shape index (κ3) is 1.52. The molecule has 0 aliphatic carbocycles. The van der Waals surface area contributed by atoms with Crippen LogP contribution in [0.25, 0.3) is 0 Å². The summed E-state index contributed by atoms with van der Waals surface area (Å²) in [4.78, 5) is 0. The molecule has 1 heterocycles. The van der Waals surface area contributed by atoms with Crippen LogP contribution < -0.4 is 4.72 Å². The maximum Gasteiger partial charge on any atom is 0.233 e. The second-order valence-corrected chi connectivity index (χ2v) is 2.11. The molecule has 1 unspecified atom stereocenters. The Bertz CT molecular complexity index is 250. The second-order valence-electron chi connectivity index (χ2n) is 1.43. The molecule has 1 rings (SSSR count). The van der Waals surface area contributed by atoms with Gasteiger partial charge >= 0.3 is 0 Å². The highest BCUT2D eigenvalue weighted by Crippen LogP contribution is 2.07. The number of anilines is 1. The van der Waals surface area contributed by atoms with E-state index in [1.54, 1.807) is 4.72 Å². The van der Waals surface area contributed by atoms with Gasteiger partial charge in [0.05, 0.1) is 6.20 Å². The molecule has 1 aromatic rings. The summed E-state index contributed by atoms with van der Waals surface area (Å²) in [7, 11) is 0. The van der Waals surface area contributed by atoms with Gasteiger partial charge in [0, 0.05) is 11.3 Å². The number of aromatic amines is 1. The first kappa shape index (κ1) is 7.16. The average Bonchev–Trinajstić information content (AvgIpc) is 2.15. The number of hydrogen-bond acceptors (Lipinski definition) is 3. The van der Waals surface area contributed by atoms with E-state index in [0.717, 1.165) is 6.20 Å². The average molecular weight is 164 g/mol. The fraction of sp³-hybridized carbons (Fsp3) is 0. The van der Waals surface area contributed by atoms with Crippen molar-refractivity contribution in [2.45, 2.75) is 0 Å². The first-order valence-corrected chi connectivity index (χ1v) is 3.32. The van der Waals surface area contributed by atoms with Crippen molar-refractivity contribution in [1.82, 2.24) is 10.2 Å². The molecule has 0 aliphatic rings. The van der Waals surface area contributed by atoms with Gasteiger partial charge in [-0.2, -0.15) is 9.49 Å². The lowest BCUT2D eigenvalue weighted by molar-refractivity contribution is 0.540. The van der Waals surface area contributed by atoms with E-state index in [2.05, 4.69) is 5.10 Å². The molecule has 5 nitrogen and oxygen atoms in total. The Kier molecular flexibility index (Phi) is 1.97. The molecular weight excluding hydrogens is 161 g/mol. The van der Waals surface area contributed by atoms with Gasteiger partial charge in [0.1, 0.15) is 5.69 Å². The van der Waals surface area contributed by atoms with Gasteiger partial charge in [-0.05, 0) is 0 Å². The predicted molar refractivity (Wildman–Crippen MR) is 31.1 cm³/mol. The van der Waals surface area contributed by atoms with Crippen molar-refractivity contribution >= 4 is 17.0 Å². The van der Waals surface area contributed by atoms with Gasteiger partial charge in [-0.3, -0.25) is 9.31 Å². The highest BCUT2D eigenvalue weighted by molar-refractivity contribution is 7.80. The molecule has 0 aliphatic heterocycles. The molecule has 0 amide bonds. The molecule has 56 valence electrons. The molecule has 0 saturated carbocycles. The van der Waals surface area contributed by atoms with Gasteiger partial charge in [-0.25, -0.2) is 0 Å². The number of nitrogens with one attached hydrogen (secondary N) is 2. The summed E-state index contributed by atoms with van der Waals surface area (Å²) >= 11 is -2.51. The van der Waals surface area contributed by atoms with Crippen molar-refractivity contribution in [3.8, 4) is 0 Å². The smallest absolute Gasteiger partial charge is 0.233 e. The van der Waals surface area contributed by atoms with Crippen LogP contribution >= 0.6 is 0 Å². The fourth-order valence-electron chi connectivity index (χ4n) is 0.431. The molecule has 2 N–H and O–H groups in total. The van der Waals surface area contributed by atoms with Gasteiger partial charge in [0.2, 0.25) is 5.95 Å². The van der Waals surface area contributed by atoms with E-state index in [4.69, 9.17) is 0 Å². The van der Waals surface area contributed by atoms with Gasteiger partial charge in [0.25, 0.3) is 0 Å². The molecule has 1 aromatic heterocycles. The SMILES string of the molecule is O=S([O-])Nc1cn[nH]c1F. The molecule has 0 aromatic carbocycles. The normalized spacial score (nSPS) is 13.0. The highest BCUT2D eigenvalue weighted by atomic mass is 32.2. The first-order valence-electron chi connectivity index (χ1n) is 2.25. The summed E-state index contributed by atoms with van der Waals surface area (Å²) in [5.74, 6) is -0.802. The zero-order chi connectivity index (χ0) is 7.56. The zero-order valence-corrected chi connectivity index (χ0v) is 5.44. The minimum absolute atomic E-state index is 0.187.